The van der Waals surface area contributed by atoms with Gasteiger partial charge in [0, 0.05) is 23.6 Å². The monoisotopic (exact) mass is 459 g/mol. The zero-order chi connectivity index (χ0) is 23.7. The quantitative estimate of drug-likeness (QED) is 0.534. The van der Waals surface area contributed by atoms with Crippen molar-refractivity contribution < 1.29 is 39.1 Å². The van der Waals surface area contributed by atoms with Crippen LogP contribution in [0.4, 0.5) is 0 Å². The van der Waals surface area contributed by atoms with Crippen molar-refractivity contribution in [3.05, 3.63) is 40.7 Å². The van der Waals surface area contributed by atoms with E-state index in [0.717, 1.165) is 17.7 Å². The van der Waals surface area contributed by atoms with E-state index in [1.165, 1.54) is 13.8 Å². The number of nitrogens with zero attached hydrogens (tertiary/aromatic N) is 1. The van der Waals surface area contributed by atoms with Gasteiger partial charge in [-0.05, 0) is 51.9 Å². The van der Waals surface area contributed by atoms with Crippen LogP contribution in [0.1, 0.15) is 43.4 Å². The van der Waals surface area contributed by atoms with Gasteiger partial charge >= 0.3 is 11.9 Å². The van der Waals surface area contributed by atoms with Crippen LogP contribution in [0.2, 0.25) is 0 Å². The van der Waals surface area contributed by atoms with Gasteiger partial charge in [0.1, 0.15) is 17.6 Å². The maximum Gasteiger partial charge on any atom is 0.352 e. The van der Waals surface area contributed by atoms with Crippen LogP contribution in [0.25, 0.3) is 0 Å². The normalized spacial score (nSPS) is 33.3. The summed E-state index contributed by atoms with van der Waals surface area (Å²) in [6.07, 6.45) is -0.121. The molecule has 9 nitrogen and oxygen atoms in total. The summed E-state index contributed by atoms with van der Waals surface area (Å²) in [6.45, 7) is 3.15. The number of hydrogen-bond donors (Lipinski definition) is 3. The van der Waals surface area contributed by atoms with Gasteiger partial charge < -0.3 is 34.4 Å². The van der Waals surface area contributed by atoms with Gasteiger partial charge in [0.2, 0.25) is 0 Å². The van der Waals surface area contributed by atoms with Crippen LogP contribution in [0.5, 0.6) is 5.75 Å². The zero-order valence-electron chi connectivity index (χ0n) is 18.9. The number of esters is 2. The molecule has 33 heavy (non-hydrogen) atoms. The van der Waals surface area contributed by atoms with E-state index < -0.39 is 41.3 Å². The predicted molar refractivity (Wildman–Crippen MR) is 114 cm³/mol. The van der Waals surface area contributed by atoms with E-state index in [-0.39, 0.29) is 24.8 Å². The van der Waals surface area contributed by atoms with Gasteiger partial charge in [-0.25, -0.2) is 9.59 Å². The largest absolute Gasteiger partial charge is 0.481 e. The molecule has 1 aromatic rings. The number of hydrogen-bond acceptors (Lipinski definition) is 9. The summed E-state index contributed by atoms with van der Waals surface area (Å²) in [5, 5.41) is 31.4. The molecule has 2 aliphatic heterocycles. The Labute approximate surface area is 191 Å². The van der Waals surface area contributed by atoms with Crippen LogP contribution in [-0.4, -0.2) is 75.7 Å². The van der Waals surface area contributed by atoms with Crippen LogP contribution < -0.4 is 4.74 Å². The smallest absolute Gasteiger partial charge is 0.352 e. The van der Waals surface area contributed by atoms with Gasteiger partial charge in [-0.1, -0.05) is 12.1 Å². The van der Waals surface area contributed by atoms with Gasteiger partial charge in [-0.2, -0.15) is 0 Å². The van der Waals surface area contributed by atoms with Crippen molar-refractivity contribution in [2.75, 3.05) is 13.6 Å². The van der Waals surface area contributed by atoms with Gasteiger partial charge in [0.15, 0.2) is 12.2 Å². The van der Waals surface area contributed by atoms with Crippen LogP contribution >= 0.6 is 0 Å². The predicted octanol–water partition coefficient (Wildman–Crippen LogP) is 0.312. The summed E-state index contributed by atoms with van der Waals surface area (Å²) in [4.78, 5) is 26.6. The second-order valence-electron chi connectivity index (χ2n) is 9.58. The molecule has 2 unspecified atom stereocenters. The third-order valence-electron chi connectivity index (χ3n) is 7.81. The molecule has 0 saturated carbocycles. The molecule has 6 atom stereocenters. The highest BCUT2D eigenvalue weighted by molar-refractivity contribution is 5.81. The molecule has 4 aliphatic rings. The molecule has 1 aromatic carbocycles. The number of likely N-dealkylation sites (N-methyl/N-ethyl adjacent to an activating group) is 1. The van der Waals surface area contributed by atoms with Crippen molar-refractivity contribution in [3.63, 3.8) is 0 Å². The Kier molecular flexibility index (Phi) is 5.09. The minimum atomic E-state index is -1.36. The first-order valence-corrected chi connectivity index (χ1v) is 11.3. The highest BCUT2D eigenvalue weighted by Crippen LogP contribution is 2.64. The molecule has 178 valence electrons. The molecule has 1 fully saturated rings. The molecule has 1 spiro atoms. The molecule has 0 amide bonds. The lowest BCUT2D eigenvalue weighted by Gasteiger charge is -2.61. The number of aliphatic hydroxyl groups is 3. The minimum absolute atomic E-state index is 0.129. The van der Waals surface area contributed by atoms with E-state index in [2.05, 4.69) is 4.90 Å². The lowest BCUT2D eigenvalue weighted by atomic mass is 9.50. The highest BCUT2D eigenvalue weighted by atomic mass is 16.6. The van der Waals surface area contributed by atoms with E-state index in [1.807, 2.05) is 19.2 Å². The fraction of sp³-hybridized carbons (Fsp3) is 0.583. The Bertz CT molecular complexity index is 1050. The molecule has 2 bridgehead atoms. The number of rotatable bonds is 5. The first-order chi connectivity index (χ1) is 15.6. The molecule has 2 aliphatic carbocycles. The number of benzene rings is 1. The van der Waals surface area contributed by atoms with E-state index >= 15 is 0 Å². The Balaban J connectivity index is 1.54. The molecule has 0 aromatic heterocycles. The second kappa shape index (κ2) is 7.53. The Morgan fingerprint density at radius 1 is 1.30 bits per heavy atom. The fourth-order valence-corrected chi connectivity index (χ4v) is 6.15. The zero-order valence-corrected chi connectivity index (χ0v) is 18.9. The summed E-state index contributed by atoms with van der Waals surface area (Å²) in [5.74, 6) is -0.892. The molecule has 3 N–H and O–H groups in total. The lowest BCUT2D eigenvalue weighted by molar-refractivity contribution is -0.177. The molecule has 2 heterocycles. The molecule has 9 heteroatoms. The Hall–Kier alpha value is -2.46. The van der Waals surface area contributed by atoms with E-state index in [4.69, 9.17) is 14.2 Å². The van der Waals surface area contributed by atoms with Gasteiger partial charge in [-0.3, -0.25) is 0 Å². The molecular weight excluding hydrogens is 430 g/mol. The first-order valence-electron chi connectivity index (χ1n) is 11.3. The van der Waals surface area contributed by atoms with Crippen molar-refractivity contribution in [1.29, 1.82) is 0 Å². The van der Waals surface area contributed by atoms with Crippen molar-refractivity contribution in [1.82, 2.24) is 4.90 Å². The number of ether oxygens (including phenoxy) is 3. The van der Waals surface area contributed by atoms with E-state index in [9.17, 15) is 24.9 Å². The standard InChI is InChI=1S/C24H29NO8/c1-12(27)21(28)31-13(2)22(29)32-16-6-7-24(30)17-10-14-4-5-15(11-26)19-18(14)23(24,20(16)33-19)8-9-25(17)3/h4-6,12-13,17,20,26-27,30H,7-11H2,1-3H3/t12-,13-,17+,20?,23?,24+/m0/s1. The number of piperidine rings is 1. The summed E-state index contributed by atoms with van der Waals surface area (Å²) >= 11 is 0. The van der Waals surface area contributed by atoms with Crippen LogP contribution in [0, 0.1) is 0 Å². The summed E-state index contributed by atoms with van der Waals surface area (Å²) in [6, 6.07) is 3.70. The number of carbonyl (C=O) groups is 2. The minimum Gasteiger partial charge on any atom is -0.481 e. The van der Waals surface area contributed by atoms with Gasteiger partial charge in [-0.15, -0.1) is 0 Å². The third kappa shape index (κ3) is 2.92. The van der Waals surface area contributed by atoms with Crippen LogP contribution in [-0.2, 0) is 37.5 Å². The van der Waals surface area contributed by atoms with Crippen LogP contribution in [0.15, 0.2) is 24.0 Å². The Morgan fingerprint density at radius 3 is 2.76 bits per heavy atom. The number of carbonyl (C=O) groups excluding carboxylic acids is 2. The maximum atomic E-state index is 12.7. The fourth-order valence-electron chi connectivity index (χ4n) is 6.15. The van der Waals surface area contributed by atoms with E-state index in [1.54, 1.807) is 6.08 Å². The SMILES string of the molecule is C[C@H](O)C(=O)O[C@@H](C)C(=O)OC1=CC[C@@]2(O)[C@H]3Cc4ccc(CO)c5c4C2(CCN3C)C1O5. The second-order valence-corrected chi connectivity index (χ2v) is 9.58. The first kappa shape index (κ1) is 22.3. The third-order valence-corrected chi connectivity index (χ3v) is 7.81. The molecule has 5 rings (SSSR count). The van der Waals surface area contributed by atoms with E-state index in [0.29, 0.717) is 24.2 Å². The number of likely N-dealkylation sites (tertiary alicyclic amines) is 1. The molecule has 0 radical (unpaired) electrons. The van der Waals surface area contributed by atoms with Crippen molar-refractivity contribution >= 4 is 11.9 Å². The van der Waals surface area contributed by atoms with Crippen LogP contribution in [0.3, 0.4) is 0 Å². The Morgan fingerprint density at radius 2 is 2.06 bits per heavy atom. The van der Waals surface area contributed by atoms with Crippen molar-refractivity contribution in [3.8, 4) is 5.75 Å². The molecular formula is C24H29NO8. The summed E-state index contributed by atoms with van der Waals surface area (Å²) in [7, 11) is 2.01. The lowest BCUT2D eigenvalue weighted by Crippen LogP contribution is -2.74. The summed E-state index contributed by atoms with van der Waals surface area (Å²) < 4.78 is 17.0. The van der Waals surface area contributed by atoms with Crippen molar-refractivity contribution in [2.45, 2.75) is 75.1 Å². The summed E-state index contributed by atoms with van der Waals surface area (Å²) in [5.41, 5.74) is 0.653. The van der Waals surface area contributed by atoms with Crippen molar-refractivity contribution in [2.24, 2.45) is 0 Å². The average Bonchev–Trinajstić information content (AvgIpc) is 3.13. The molecule has 1 saturated heterocycles. The average molecular weight is 459 g/mol. The maximum absolute atomic E-state index is 12.7. The topological polar surface area (TPSA) is 126 Å². The highest BCUT2D eigenvalue weighted by Gasteiger charge is 2.71. The number of aliphatic hydroxyl groups excluding tert-OH is 2. The van der Waals surface area contributed by atoms with Gasteiger partial charge in [0.05, 0.1) is 17.6 Å². The van der Waals surface area contributed by atoms with Gasteiger partial charge in [0.25, 0.3) is 0 Å².